The third kappa shape index (κ3) is 14.4. The molecule has 0 aliphatic carbocycles. The van der Waals surface area contributed by atoms with Crippen molar-refractivity contribution in [2.75, 3.05) is 6.61 Å². The third-order valence-electron chi connectivity index (χ3n) is 7.08. The Kier molecular flexibility index (Phi) is 17.7. The van der Waals surface area contributed by atoms with E-state index in [2.05, 4.69) is 26.0 Å². The van der Waals surface area contributed by atoms with Crippen molar-refractivity contribution in [3.63, 3.8) is 0 Å². The molecule has 0 aromatic heterocycles. The number of carbonyl (C=O) groups is 1. The fourth-order valence-corrected chi connectivity index (χ4v) is 4.54. The molecule has 1 N–H and O–H groups in total. The average Bonchev–Trinajstić information content (AvgIpc) is 3.03. The summed E-state index contributed by atoms with van der Waals surface area (Å²) < 4.78 is 11.4. The molecule has 7 heteroatoms. The summed E-state index contributed by atoms with van der Waals surface area (Å²) in [6.07, 6.45) is 17.1. The highest BCUT2D eigenvalue weighted by atomic mass is 16.6. The lowest BCUT2D eigenvalue weighted by Gasteiger charge is -2.15. The summed E-state index contributed by atoms with van der Waals surface area (Å²) in [6, 6.07) is 21.3. The van der Waals surface area contributed by atoms with Crippen LogP contribution in [0.3, 0.4) is 0 Å². The minimum Gasteiger partial charge on any atom is -0.494 e. The van der Waals surface area contributed by atoms with Gasteiger partial charge in [-0.2, -0.15) is 0 Å². The quantitative estimate of drug-likeness (QED) is 0.0633. The van der Waals surface area contributed by atoms with E-state index in [9.17, 15) is 14.9 Å². The monoisotopic (exact) mass is 603 g/mol. The van der Waals surface area contributed by atoms with Crippen LogP contribution in [0.15, 0.2) is 84.9 Å². The van der Waals surface area contributed by atoms with E-state index >= 15 is 0 Å². The molecule has 0 saturated carbocycles. The molecule has 0 aliphatic rings. The molecule has 3 aromatic rings. The van der Waals surface area contributed by atoms with E-state index in [1.807, 2.05) is 43.3 Å². The predicted molar refractivity (Wildman–Crippen MR) is 179 cm³/mol. The Morgan fingerprint density at radius 3 is 2.14 bits per heavy atom. The van der Waals surface area contributed by atoms with Crippen LogP contribution in [0.1, 0.15) is 102 Å². The van der Waals surface area contributed by atoms with Crippen molar-refractivity contribution in [2.24, 2.45) is 0 Å². The van der Waals surface area contributed by atoms with Gasteiger partial charge in [0, 0.05) is 6.07 Å². The topological polar surface area (TPSA) is 98.9 Å². The second kappa shape index (κ2) is 21.5. The van der Waals surface area contributed by atoms with E-state index < -0.39 is 5.97 Å². The van der Waals surface area contributed by atoms with Crippen LogP contribution in [0.25, 0.3) is 11.1 Å². The molecule has 0 spiro atoms. The number of carboxylic acids is 1. The number of aromatic carboxylic acids is 1. The van der Waals surface area contributed by atoms with Gasteiger partial charge in [0.05, 0.1) is 23.2 Å². The van der Waals surface area contributed by atoms with Crippen molar-refractivity contribution in [1.29, 1.82) is 0 Å². The number of nitro benzene ring substituents is 1. The molecule has 3 rings (SSSR count). The number of unbranched alkanes of at least 4 members (excludes halogenated alkanes) is 7. The van der Waals surface area contributed by atoms with Gasteiger partial charge in [-0.05, 0) is 86.9 Å². The summed E-state index contributed by atoms with van der Waals surface area (Å²) in [5, 5.41) is 20.2. The highest BCUT2D eigenvalue weighted by molar-refractivity contribution is 5.87. The molecule has 0 bridgehead atoms. The Balaban J connectivity index is 0.000000312. The van der Waals surface area contributed by atoms with Gasteiger partial charge in [0.1, 0.15) is 5.75 Å². The van der Waals surface area contributed by atoms with Crippen LogP contribution in [0.5, 0.6) is 11.5 Å². The molecular weight excluding hydrogens is 554 g/mol. The summed E-state index contributed by atoms with van der Waals surface area (Å²) in [5.41, 5.74) is 2.09. The van der Waals surface area contributed by atoms with E-state index in [1.165, 1.54) is 44.9 Å². The van der Waals surface area contributed by atoms with Gasteiger partial charge < -0.3 is 14.6 Å². The Hall–Kier alpha value is -4.13. The summed E-state index contributed by atoms with van der Waals surface area (Å²) >= 11 is 0. The van der Waals surface area contributed by atoms with Crippen LogP contribution < -0.4 is 9.47 Å². The van der Waals surface area contributed by atoms with Crippen molar-refractivity contribution >= 4 is 11.7 Å². The smallest absolute Gasteiger partial charge is 0.335 e. The number of carboxylic acid groups (broad SMARTS) is 1. The highest BCUT2D eigenvalue weighted by Crippen LogP contribution is 2.33. The predicted octanol–water partition coefficient (Wildman–Crippen LogP) is 10.7. The number of nitro groups is 1. The molecule has 0 amide bonds. The molecule has 0 radical (unpaired) electrons. The number of allylic oxidation sites excluding steroid dienone is 2. The molecule has 0 saturated heterocycles. The number of rotatable bonds is 19. The highest BCUT2D eigenvalue weighted by Gasteiger charge is 2.18. The van der Waals surface area contributed by atoms with Crippen LogP contribution in [-0.2, 0) is 0 Å². The van der Waals surface area contributed by atoms with E-state index in [1.54, 1.807) is 36.4 Å². The van der Waals surface area contributed by atoms with Crippen molar-refractivity contribution in [2.45, 2.75) is 97.5 Å². The molecule has 44 heavy (non-hydrogen) atoms. The van der Waals surface area contributed by atoms with Gasteiger partial charge in [-0.3, -0.25) is 10.1 Å². The maximum atomic E-state index is 11.4. The maximum Gasteiger partial charge on any atom is 0.335 e. The number of hydrogen-bond donors (Lipinski definition) is 1. The molecule has 0 unspecified atom stereocenters. The lowest BCUT2D eigenvalue weighted by Crippen LogP contribution is -2.12. The van der Waals surface area contributed by atoms with E-state index in [0.29, 0.717) is 12.4 Å². The van der Waals surface area contributed by atoms with Gasteiger partial charge in [-0.25, -0.2) is 4.79 Å². The molecular formula is C37H49NO6. The standard InChI is InChI=1S/C20H25NO3.C17H24O3/c1-3-4-5-7-10-16(2)24-20-14-13-18(15-19(20)21(22)23)17-11-8-6-9-12-17;1-2-3-4-5-6-7-8-9-14-20-16-12-10-15(11-13-16)17(18)19/h6,8-9,11-16H,3-5,7,10H2,1-2H3;6-7,10-13H,2-5,8-9,14H2,1H3,(H,18,19)/b;7-6+/t16-;/m0./s1. The van der Waals surface area contributed by atoms with Gasteiger partial charge in [0.25, 0.3) is 0 Å². The largest absolute Gasteiger partial charge is 0.494 e. The van der Waals surface area contributed by atoms with Crippen LogP contribution in [0, 0.1) is 10.1 Å². The Morgan fingerprint density at radius 2 is 1.50 bits per heavy atom. The molecule has 1 atom stereocenters. The fraction of sp³-hybridized carbons (Fsp3) is 0.432. The lowest BCUT2D eigenvalue weighted by molar-refractivity contribution is -0.386. The van der Waals surface area contributed by atoms with Crippen LogP contribution in [0.4, 0.5) is 5.69 Å². The van der Waals surface area contributed by atoms with Crippen LogP contribution >= 0.6 is 0 Å². The zero-order valence-corrected chi connectivity index (χ0v) is 26.6. The number of ether oxygens (including phenoxy) is 2. The van der Waals surface area contributed by atoms with Crippen molar-refractivity contribution in [3.05, 3.63) is 101 Å². The summed E-state index contributed by atoms with van der Waals surface area (Å²) in [5.74, 6) is 0.161. The zero-order chi connectivity index (χ0) is 32.0. The number of benzene rings is 3. The normalized spacial score (nSPS) is 11.4. The first-order chi connectivity index (χ1) is 21.3. The van der Waals surface area contributed by atoms with Gasteiger partial charge >= 0.3 is 11.7 Å². The first-order valence-corrected chi connectivity index (χ1v) is 16.0. The maximum absolute atomic E-state index is 11.4. The molecule has 238 valence electrons. The number of hydrogen-bond acceptors (Lipinski definition) is 5. The third-order valence-corrected chi connectivity index (χ3v) is 7.08. The van der Waals surface area contributed by atoms with E-state index in [-0.39, 0.29) is 22.3 Å². The minimum absolute atomic E-state index is 0.0248. The number of nitrogens with zero attached hydrogens (tertiary/aromatic N) is 1. The van der Waals surface area contributed by atoms with Crippen molar-refractivity contribution in [1.82, 2.24) is 0 Å². The fourth-order valence-electron chi connectivity index (χ4n) is 4.54. The first kappa shape index (κ1) is 36.1. The SMILES string of the molecule is CCCCC/C=C/CCCOc1ccc(C(=O)O)cc1.CCCCCC[C@H](C)Oc1ccc(-c2ccccc2)cc1[N+](=O)[O-]. The van der Waals surface area contributed by atoms with E-state index in [0.717, 1.165) is 42.6 Å². The van der Waals surface area contributed by atoms with Crippen molar-refractivity contribution in [3.8, 4) is 22.6 Å². The van der Waals surface area contributed by atoms with Gasteiger partial charge in [0.2, 0.25) is 0 Å². The molecule has 7 nitrogen and oxygen atoms in total. The zero-order valence-electron chi connectivity index (χ0n) is 26.6. The summed E-state index contributed by atoms with van der Waals surface area (Å²) in [6.45, 7) is 7.02. The lowest BCUT2D eigenvalue weighted by atomic mass is 10.0. The first-order valence-electron chi connectivity index (χ1n) is 16.0. The second-order valence-electron chi connectivity index (χ2n) is 10.9. The Labute approximate surface area is 263 Å². The van der Waals surface area contributed by atoms with Crippen LogP contribution in [-0.4, -0.2) is 28.7 Å². The van der Waals surface area contributed by atoms with Crippen LogP contribution in [0.2, 0.25) is 0 Å². The van der Waals surface area contributed by atoms with Gasteiger partial charge in [-0.1, -0.05) is 94.5 Å². The Morgan fingerprint density at radius 1 is 0.841 bits per heavy atom. The van der Waals surface area contributed by atoms with Crippen molar-refractivity contribution < 1.29 is 24.3 Å². The Bertz CT molecular complexity index is 1260. The summed E-state index contributed by atoms with van der Waals surface area (Å²) in [7, 11) is 0. The van der Waals surface area contributed by atoms with Gasteiger partial charge in [0.15, 0.2) is 5.75 Å². The average molecular weight is 604 g/mol. The molecule has 0 fully saturated rings. The van der Waals surface area contributed by atoms with E-state index in [4.69, 9.17) is 14.6 Å². The second-order valence-corrected chi connectivity index (χ2v) is 10.9. The molecule has 3 aromatic carbocycles. The minimum atomic E-state index is -0.912. The molecule has 0 aliphatic heterocycles. The molecule has 0 heterocycles. The summed E-state index contributed by atoms with van der Waals surface area (Å²) in [4.78, 5) is 21.7. The van der Waals surface area contributed by atoms with Gasteiger partial charge in [-0.15, -0.1) is 0 Å².